The van der Waals surface area contributed by atoms with E-state index in [4.69, 9.17) is 14.2 Å². The third kappa shape index (κ3) is 6.09. The van der Waals surface area contributed by atoms with Crippen LogP contribution >= 0.6 is 15.9 Å². The zero-order chi connectivity index (χ0) is 20.2. The Morgan fingerprint density at radius 1 is 0.840 bits per heavy atom. The molecular weight excluding hydrogens is 396 g/mol. The number of rotatable bonds is 6. The van der Waals surface area contributed by atoms with Crippen LogP contribution in [0.1, 0.15) is 48.5 Å². The van der Waals surface area contributed by atoms with Gasteiger partial charge in [-0.2, -0.15) is 0 Å². The van der Waals surface area contributed by atoms with E-state index in [0.717, 1.165) is 7.11 Å². The van der Waals surface area contributed by atoms with E-state index in [9.17, 15) is 19.2 Å². The van der Waals surface area contributed by atoms with Crippen LogP contribution in [0.25, 0.3) is 0 Å². The normalized spacial score (nSPS) is 15.6. The first-order valence-corrected chi connectivity index (χ1v) is 8.85. The van der Waals surface area contributed by atoms with Crippen LogP contribution in [0.4, 0.5) is 0 Å². The highest BCUT2D eigenvalue weighted by Crippen LogP contribution is 2.29. The van der Waals surface area contributed by atoms with Gasteiger partial charge < -0.3 is 14.2 Å². The highest BCUT2D eigenvalue weighted by atomic mass is 79.9. The summed E-state index contributed by atoms with van der Waals surface area (Å²) in [6.45, 7) is 10.8. The number of hydrogen-bond acceptors (Lipinski definition) is 7. The number of halogens is 1. The van der Waals surface area contributed by atoms with Crippen LogP contribution in [0.3, 0.4) is 0 Å². The van der Waals surface area contributed by atoms with Crippen LogP contribution in [0.15, 0.2) is 0 Å². The number of carbonyl (C=O) groups excluding carboxylic acids is 4. The zero-order valence-corrected chi connectivity index (χ0v) is 17.6. The number of ether oxygens (including phenoxy) is 3. The van der Waals surface area contributed by atoms with Crippen LogP contribution in [0.2, 0.25) is 0 Å². The van der Waals surface area contributed by atoms with Crippen molar-refractivity contribution in [2.45, 2.75) is 60.2 Å². The van der Waals surface area contributed by atoms with Gasteiger partial charge in [0.15, 0.2) is 5.78 Å². The maximum Gasteiger partial charge on any atom is 0.354 e. The van der Waals surface area contributed by atoms with Crippen LogP contribution < -0.4 is 0 Å². The molecule has 0 rings (SSSR count). The Morgan fingerprint density at radius 3 is 1.60 bits per heavy atom. The molecule has 0 aliphatic carbocycles. The van der Waals surface area contributed by atoms with E-state index in [-0.39, 0.29) is 5.33 Å². The van der Waals surface area contributed by atoms with Crippen molar-refractivity contribution in [3.63, 3.8) is 0 Å². The smallest absolute Gasteiger partial charge is 0.354 e. The standard InChI is InChI=1S/C17H27BrO7/c1-15(2,3)12(20)24-11(10(19)9-18)17(7,14(22)23-8)25-13(21)16(4,5)6/h11H,9H2,1-8H3/t11-,17-/m1/s1. The summed E-state index contributed by atoms with van der Waals surface area (Å²) in [7, 11) is 1.09. The van der Waals surface area contributed by atoms with Gasteiger partial charge in [-0.25, -0.2) is 4.79 Å². The second-order valence-corrected chi connectivity index (χ2v) is 8.43. The predicted octanol–water partition coefficient (Wildman–Crippen LogP) is 2.43. The lowest BCUT2D eigenvalue weighted by molar-refractivity contribution is -0.205. The van der Waals surface area contributed by atoms with Crippen molar-refractivity contribution in [2.75, 3.05) is 12.4 Å². The molecule has 7 nitrogen and oxygen atoms in total. The van der Waals surface area contributed by atoms with Gasteiger partial charge >= 0.3 is 17.9 Å². The van der Waals surface area contributed by atoms with Crippen LogP contribution in [-0.4, -0.2) is 47.8 Å². The third-order valence-corrected chi connectivity index (χ3v) is 3.82. The van der Waals surface area contributed by atoms with E-state index in [2.05, 4.69) is 15.9 Å². The summed E-state index contributed by atoms with van der Waals surface area (Å²) in [6, 6.07) is 0. The van der Waals surface area contributed by atoms with Crippen molar-refractivity contribution < 1.29 is 33.4 Å². The van der Waals surface area contributed by atoms with E-state index in [1.165, 1.54) is 6.92 Å². The van der Waals surface area contributed by atoms with Crippen LogP contribution in [0.5, 0.6) is 0 Å². The highest BCUT2D eigenvalue weighted by Gasteiger charge is 2.53. The molecule has 0 aromatic heterocycles. The minimum atomic E-state index is -2.11. The predicted molar refractivity (Wildman–Crippen MR) is 94.1 cm³/mol. The fraction of sp³-hybridized carbons (Fsp3) is 0.765. The first-order chi connectivity index (χ1) is 11.1. The summed E-state index contributed by atoms with van der Waals surface area (Å²) in [5, 5.41) is -0.200. The van der Waals surface area contributed by atoms with Gasteiger partial charge in [-0.1, -0.05) is 15.9 Å². The SMILES string of the molecule is COC(=O)[C@](C)(OC(=O)C(C)(C)C)[C@H](OC(=O)C(C)(C)C)C(=O)CBr. The van der Waals surface area contributed by atoms with Crippen molar-refractivity contribution in [1.82, 2.24) is 0 Å². The Kier molecular flexibility index (Phi) is 7.82. The molecule has 0 aliphatic heterocycles. The van der Waals surface area contributed by atoms with Crippen molar-refractivity contribution in [1.29, 1.82) is 0 Å². The first-order valence-electron chi connectivity index (χ1n) is 7.73. The summed E-state index contributed by atoms with van der Waals surface area (Å²) in [4.78, 5) is 49.2. The molecule has 0 radical (unpaired) electrons. The van der Waals surface area contributed by atoms with Crippen molar-refractivity contribution in [2.24, 2.45) is 10.8 Å². The lowest BCUT2D eigenvalue weighted by Gasteiger charge is -2.35. The molecule has 144 valence electrons. The molecule has 2 atom stereocenters. The van der Waals surface area contributed by atoms with E-state index in [0.29, 0.717) is 0 Å². The molecule has 0 N–H and O–H groups in total. The molecule has 0 aliphatic rings. The molecule has 0 spiro atoms. The summed E-state index contributed by atoms with van der Waals surface area (Å²) < 4.78 is 15.3. The second kappa shape index (κ2) is 8.29. The summed E-state index contributed by atoms with van der Waals surface area (Å²) in [5.74, 6) is -3.08. The van der Waals surface area contributed by atoms with Gasteiger partial charge in [-0.3, -0.25) is 14.4 Å². The van der Waals surface area contributed by atoms with Crippen molar-refractivity contribution >= 4 is 39.6 Å². The number of alkyl halides is 1. The van der Waals surface area contributed by atoms with Gasteiger partial charge in [0.2, 0.25) is 11.7 Å². The summed E-state index contributed by atoms with van der Waals surface area (Å²) >= 11 is 2.99. The molecule has 25 heavy (non-hydrogen) atoms. The third-order valence-electron chi connectivity index (χ3n) is 3.27. The minimum Gasteiger partial charge on any atom is -0.466 e. The molecule has 0 heterocycles. The number of hydrogen-bond donors (Lipinski definition) is 0. The van der Waals surface area contributed by atoms with Crippen molar-refractivity contribution in [3.8, 4) is 0 Å². The second-order valence-electron chi connectivity index (χ2n) is 7.87. The maximum absolute atomic E-state index is 12.3. The van der Waals surface area contributed by atoms with Crippen LogP contribution in [-0.2, 0) is 33.4 Å². The van der Waals surface area contributed by atoms with Gasteiger partial charge in [0, 0.05) is 0 Å². The van der Waals surface area contributed by atoms with Gasteiger partial charge in [0.05, 0.1) is 23.3 Å². The fourth-order valence-corrected chi connectivity index (χ4v) is 1.88. The van der Waals surface area contributed by atoms with E-state index in [1.54, 1.807) is 41.5 Å². The minimum absolute atomic E-state index is 0.200. The Hall–Kier alpha value is -1.44. The molecule has 0 amide bonds. The van der Waals surface area contributed by atoms with Crippen LogP contribution in [0, 0.1) is 10.8 Å². The molecule has 0 saturated heterocycles. The first kappa shape index (κ1) is 23.6. The largest absolute Gasteiger partial charge is 0.466 e. The Bertz CT molecular complexity index is 542. The Labute approximate surface area is 156 Å². The van der Waals surface area contributed by atoms with Gasteiger partial charge in [-0.05, 0) is 48.5 Å². The average molecular weight is 423 g/mol. The number of esters is 3. The quantitative estimate of drug-likeness (QED) is 0.368. The Balaban J connectivity index is 6.03. The molecule has 0 bridgehead atoms. The van der Waals surface area contributed by atoms with Gasteiger partial charge in [0.1, 0.15) is 0 Å². The lowest BCUT2D eigenvalue weighted by atomic mass is 9.92. The summed E-state index contributed by atoms with van der Waals surface area (Å²) in [6.07, 6.45) is -1.64. The zero-order valence-electron chi connectivity index (χ0n) is 16.0. The molecular formula is C17H27BrO7. The molecule has 0 fully saturated rings. The average Bonchev–Trinajstić information content (AvgIpc) is 2.48. The Morgan fingerprint density at radius 2 is 1.28 bits per heavy atom. The monoisotopic (exact) mass is 422 g/mol. The number of carbonyl (C=O) groups is 4. The van der Waals surface area contributed by atoms with Crippen molar-refractivity contribution in [3.05, 3.63) is 0 Å². The lowest BCUT2D eigenvalue weighted by Crippen LogP contribution is -2.58. The van der Waals surface area contributed by atoms with E-state index >= 15 is 0 Å². The topological polar surface area (TPSA) is 96.0 Å². The summed E-state index contributed by atoms with van der Waals surface area (Å²) in [5.41, 5.74) is -3.97. The molecule has 0 saturated carbocycles. The molecule has 0 unspecified atom stereocenters. The van der Waals surface area contributed by atoms with E-state index in [1.807, 2.05) is 0 Å². The fourth-order valence-electron chi connectivity index (χ4n) is 1.59. The molecule has 0 aromatic rings. The van der Waals surface area contributed by atoms with Gasteiger partial charge in [0.25, 0.3) is 0 Å². The number of ketones is 1. The van der Waals surface area contributed by atoms with E-state index < -0.39 is 46.2 Å². The van der Waals surface area contributed by atoms with Gasteiger partial charge in [-0.15, -0.1) is 0 Å². The molecule has 0 aromatic carbocycles. The highest BCUT2D eigenvalue weighted by molar-refractivity contribution is 9.09. The number of methoxy groups -OCH3 is 1. The number of Topliss-reactive ketones (excluding diaryl/α,β-unsaturated/α-hetero) is 1. The molecule has 8 heteroatoms. The maximum atomic E-state index is 12.3.